The molecule has 4 nitrogen and oxygen atoms in total. The van der Waals surface area contributed by atoms with Crippen LogP contribution < -0.4 is 10.2 Å². The molecule has 1 fully saturated rings. The van der Waals surface area contributed by atoms with Crippen molar-refractivity contribution in [3.05, 3.63) is 28.8 Å². The maximum atomic E-state index is 12.2. The van der Waals surface area contributed by atoms with E-state index in [0.717, 1.165) is 39.1 Å². The highest BCUT2D eigenvalue weighted by Crippen LogP contribution is 2.27. The first-order valence-electron chi connectivity index (χ1n) is 8.74. The standard InChI is InChI=1S/C19H31N3O/c1-14(2)6-7-20-19(23)22-10-8-21(9-11-22)18-16(4)12-15(3)13-17(18)5/h12-14H,6-11H2,1-5H3,(H,20,23). The second-order valence-electron chi connectivity index (χ2n) is 7.14. The van der Waals surface area contributed by atoms with E-state index in [2.05, 4.69) is 57.0 Å². The summed E-state index contributed by atoms with van der Waals surface area (Å²) in [6, 6.07) is 4.57. The van der Waals surface area contributed by atoms with Crippen molar-refractivity contribution in [1.82, 2.24) is 10.2 Å². The predicted octanol–water partition coefficient (Wildman–Crippen LogP) is 3.49. The summed E-state index contributed by atoms with van der Waals surface area (Å²) in [4.78, 5) is 16.6. The van der Waals surface area contributed by atoms with E-state index in [9.17, 15) is 4.79 Å². The molecule has 0 atom stereocenters. The second kappa shape index (κ2) is 7.71. The summed E-state index contributed by atoms with van der Waals surface area (Å²) in [5.74, 6) is 0.625. The number of aryl methyl sites for hydroxylation is 3. The van der Waals surface area contributed by atoms with Crippen LogP contribution in [0.4, 0.5) is 10.5 Å². The SMILES string of the molecule is Cc1cc(C)c(N2CCN(C(=O)NCCC(C)C)CC2)c(C)c1. The Morgan fingerprint density at radius 1 is 1.09 bits per heavy atom. The fourth-order valence-electron chi connectivity index (χ4n) is 3.38. The van der Waals surface area contributed by atoms with Crippen molar-refractivity contribution in [3.63, 3.8) is 0 Å². The fraction of sp³-hybridized carbons (Fsp3) is 0.632. The second-order valence-corrected chi connectivity index (χ2v) is 7.14. The number of carbonyl (C=O) groups is 1. The van der Waals surface area contributed by atoms with Crippen LogP contribution in [-0.4, -0.2) is 43.7 Å². The first-order chi connectivity index (χ1) is 10.9. The number of amides is 2. The van der Waals surface area contributed by atoms with E-state index >= 15 is 0 Å². The summed E-state index contributed by atoms with van der Waals surface area (Å²) in [7, 11) is 0. The number of carbonyl (C=O) groups excluding carboxylic acids is 1. The van der Waals surface area contributed by atoms with Crippen LogP contribution in [0.3, 0.4) is 0 Å². The van der Waals surface area contributed by atoms with E-state index in [-0.39, 0.29) is 6.03 Å². The Bertz CT molecular complexity index is 523. The number of anilines is 1. The summed E-state index contributed by atoms with van der Waals surface area (Å²) < 4.78 is 0. The molecule has 23 heavy (non-hydrogen) atoms. The van der Waals surface area contributed by atoms with Crippen molar-refractivity contribution >= 4 is 11.7 Å². The molecule has 1 aliphatic rings. The number of piperazine rings is 1. The summed E-state index contributed by atoms with van der Waals surface area (Å²) in [5, 5.41) is 3.04. The number of hydrogen-bond acceptors (Lipinski definition) is 2. The molecule has 0 aliphatic carbocycles. The first kappa shape index (κ1) is 17.6. The van der Waals surface area contributed by atoms with Crippen molar-refractivity contribution < 1.29 is 4.79 Å². The zero-order chi connectivity index (χ0) is 17.0. The number of rotatable bonds is 4. The summed E-state index contributed by atoms with van der Waals surface area (Å²) in [5.41, 5.74) is 5.32. The van der Waals surface area contributed by atoms with Crippen molar-refractivity contribution in [2.75, 3.05) is 37.6 Å². The number of benzene rings is 1. The predicted molar refractivity (Wildman–Crippen MR) is 97.3 cm³/mol. The topological polar surface area (TPSA) is 35.6 Å². The highest BCUT2D eigenvalue weighted by Gasteiger charge is 2.22. The van der Waals surface area contributed by atoms with E-state index in [1.54, 1.807) is 0 Å². The molecule has 128 valence electrons. The van der Waals surface area contributed by atoms with Crippen LogP contribution in [0.15, 0.2) is 12.1 Å². The van der Waals surface area contributed by atoms with E-state index in [0.29, 0.717) is 5.92 Å². The average molecular weight is 317 g/mol. The molecule has 1 saturated heterocycles. The summed E-state index contributed by atoms with van der Waals surface area (Å²) >= 11 is 0. The van der Waals surface area contributed by atoms with Gasteiger partial charge < -0.3 is 15.1 Å². The van der Waals surface area contributed by atoms with Gasteiger partial charge in [-0.15, -0.1) is 0 Å². The van der Waals surface area contributed by atoms with E-state index in [4.69, 9.17) is 0 Å². The van der Waals surface area contributed by atoms with Crippen LogP contribution in [0.2, 0.25) is 0 Å². The van der Waals surface area contributed by atoms with Gasteiger partial charge in [0.05, 0.1) is 0 Å². The van der Waals surface area contributed by atoms with Crippen molar-refractivity contribution in [3.8, 4) is 0 Å². The Kier molecular flexibility index (Phi) is 5.91. The average Bonchev–Trinajstić information content (AvgIpc) is 2.46. The van der Waals surface area contributed by atoms with Gasteiger partial charge in [-0.3, -0.25) is 0 Å². The monoisotopic (exact) mass is 317 g/mol. The normalized spacial score (nSPS) is 15.2. The number of urea groups is 1. The van der Waals surface area contributed by atoms with Crippen LogP contribution >= 0.6 is 0 Å². The number of hydrogen-bond donors (Lipinski definition) is 1. The molecule has 1 aliphatic heterocycles. The number of nitrogens with one attached hydrogen (secondary N) is 1. The van der Waals surface area contributed by atoms with Gasteiger partial charge in [-0.2, -0.15) is 0 Å². The fourth-order valence-corrected chi connectivity index (χ4v) is 3.38. The highest BCUT2D eigenvalue weighted by atomic mass is 16.2. The van der Waals surface area contributed by atoms with Gasteiger partial charge in [0, 0.05) is 38.4 Å². The molecule has 2 amide bonds. The third-order valence-electron chi connectivity index (χ3n) is 4.52. The lowest BCUT2D eigenvalue weighted by atomic mass is 10.0. The van der Waals surface area contributed by atoms with E-state index < -0.39 is 0 Å². The molecule has 2 rings (SSSR count). The molecular weight excluding hydrogens is 286 g/mol. The molecule has 1 aromatic rings. The van der Waals surface area contributed by atoms with Gasteiger partial charge >= 0.3 is 6.03 Å². The zero-order valence-corrected chi connectivity index (χ0v) is 15.3. The van der Waals surface area contributed by atoms with Gasteiger partial charge in [-0.25, -0.2) is 4.79 Å². The van der Waals surface area contributed by atoms with Crippen LogP contribution in [0.5, 0.6) is 0 Å². The van der Waals surface area contributed by atoms with Gasteiger partial charge in [0.15, 0.2) is 0 Å². The summed E-state index contributed by atoms with van der Waals surface area (Å²) in [6.45, 7) is 15.0. The lowest BCUT2D eigenvalue weighted by Crippen LogP contribution is -2.52. The van der Waals surface area contributed by atoms with Crippen molar-refractivity contribution in [2.24, 2.45) is 5.92 Å². The molecule has 0 unspecified atom stereocenters. The molecule has 0 saturated carbocycles. The van der Waals surface area contributed by atoms with Gasteiger partial charge in [0.1, 0.15) is 0 Å². The molecule has 0 bridgehead atoms. The first-order valence-corrected chi connectivity index (χ1v) is 8.74. The van der Waals surface area contributed by atoms with Gasteiger partial charge in [-0.05, 0) is 44.2 Å². The largest absolute Gasteiger partial charge is 0.368 e. The molecule has 0 radical (unpaired) electrons. The Morgan fingerprint density at radius 3 is 2.17 bits per heavy atom. The quantitative estimate of drug-likeness (QED) is 0.922. The maximum absolute atomic E-state index is 12.2. The van der Waals surface area contributed by atoms with Crippen LogP contribution in [0.25, 0.3) is 0 Å². The van der Waals surface area contributed by atoms with Gasteiger partial charge in [0.2, 0.25) is 0 Å². The Hall–Kier alpha value is -1.71. The van der Waals surface area contributed by atoms with E-state index in [1.165, 1.54) is 22.4 Å². The molecular formula is C19H31N3O. The Balaban J connectivity index is 1.90. The minimum atomic E-state index is 0.0858. The molecule has 1 N–H and O–H groups in total. The van der Waals surface area contributed by atoms with Crippen LogP contribution in [-0.2, 0) is 0 Å². The lowest BCUT2D eigenvalue weighted by molar-refractivity contribution is 0.194. The maximum Gasteiger partial charge on any atom is 0.317 e. The van der Waals surface area contributed by atoms with Crippen LogP contribution in [0, 0.1) is 26.7 Å². The molecule has 0 spiro atoms. The van der Waals surface area contributed by atoms with Crippen molar-refractivity contribution in [1.29, 1.82) is 0 Å². The smallest absolute Gasteiger partial charge is 0.317 e. The Labute approximate surface area is 140 Å². The minimum absolute atomic E-state index is 0.0858. The lowest BCUT2D eigenvalue weighted by Gasteiger charge is -2.37. The van der Waals surface area contributed by atoms with E-state index in [1.807, 2.05) is 4.90 Å². The molecule has 1 aromatic carbocycles. The summed E-state index contributed by atoms with van der Waals surface area (Å²) in [6.07, 6.45) is 1.04. The van der Waals surface area contributed by atoms with Crippen molar-refractivity contribution in [2.45, 2.75) is 41.0 Å². The highest BCUT2D eigenvalue weighted by molar-refractivity contribution is 5.74. The number of nitrogens with zero attached hydrogens (tertiary/aromatic N) is 2. The Morgan fingerprint density at radius 2 is 1.65 bits per heavy atom. The molecule has 0 aromatic heterocycles. The molecule has 4 heteroatoms. The van der Waals surface area contributed by atoms with Gasteiger partial charge in [-0.1, -0.05) is 31.5 Å². The minimum Gasteiger partial charge on any atom is -0.368 e. The van der Waals surface area contributed by atoms with Gasteiger partial charge in [0.25, 0.3) is 0 Å². The van der Waals surface area contributed by atoms with Crippen LogP contribution in [0.1, 0.15) is 37.0 Å². The third-order valence-corrected chi connectivity index (χ3v) is 4.52. The third kappa shape index (κ3) is 4.63. The molecule has 1 heterocycles. The zero-order valence-electron chi connectivity index (χ0n) is 15.3.